The third-order valence-corrected chi connectivity index (χ3v) is 6.25. The number of amides is 2. The van der Waals surface area contributed by atoms with Gasteiger partial charge in [-0.15, -0.1) is 0 Å². The minimum absolute atomic E-state index is 0.107. The first-order valence-electron chi connectivity index (χ1n) is 11.3. The predicted molar refractivity (Wildman–Crippen MR) is 130 cm³/mol. The van der Waals surface area contributed by atoms with Gasteiger partial charge in [0.25, 0.3) is 5.91 Å². The molecule has 2 amide bonds. The van der Waals surface area contributed by atoms with Crippen molar-refractivity contribution in [3.8, 4) is 11.8 Å². The van der Waals surface area contributed by atoms with Crippen LogP contribution in [0.2, 0.25) is 0 Å². The number of benzene rings is 3. The number of rotatable bonds is 5. The molecular formula is C27H21F2N5O2. The van der Waals surface area contributed by atoms with Crippen LogP contribution in [0.3, 0.4) is 0 Å². The number of nitrogens with zero attached hydrogens (tertiary/aromatic N) is 4. The highest BCUT2D eigenvalue weighted by atomic mass is 19.3. The van der Waals surface area contributed by atoms with E-state index in [-0.39, 0.29) is 12.3 Å². The first-order valence-corrected chi connectivity index (χ1v) is 11.3. The van der Waals surface area contributed by atoms with Crippen LogP contribution in [0.4, 0.5) is 14.5 Å². The molecule has 1 aliphatic rings. The Hall–Kier alpha value is -4.58. The van der Waals surface area contributed by atoms with E-state index in [1.54, 1.807) is 70.4 Å². The zero-order valence-corrected chi connectivity index (χ0v) is 19.2. The number of carbonyl (C=O) groups excluding carboxylic acids is 2. The molecule has 2 heterocycles. The maximum absolute atomic E-state index is 13.6. The lowest BCUT2D eigenvalue weighted by Crippen LogP contribution is -2.46. The van der Waals surface area contributed by atoms with Crippen LogP contribution in [0, 0.1) is 11.3 Å². The normalized spacial score (nSPS) is 17.8. The molecule has 180 valence electrons. The zero-order chi connectivity index (χ0) is 25.4. The Morgan fingerprint density at radius 1 is 1.08 bits per heavy atom. The lowest BCUT2D eigenvalue weighted by Gasteiger charge is -2.29. The van der Waals surface area contributed by atoms with Gasteiger partial charge in [0.05, 0.1) is 41.1 Å². The lowest BCUT2D eigenvalue weighted by atomic mass is 9.99. The van der Waals surface area contributed by atoms with Gasteiger partial charge in [0, 0.05) is 24.4 Å². The maximum Gasteiger partial charge on any atom is 0.321 e. The molecule has 0 saturated carbocycles. The number of alkyl halides is 2. The molecule has 5 rings (SSSR count). The van der Waals surface area contributed by atoms with Crippen molar-refractivity contribution >= 4 is 28.4 Å². The second-order valence-corrected chi connectivity index (χ2v) is 8.75. The van der Waals surface area contributed by atoms with Gasteiger partial charge >= 0.3 is 5.92 Å². The van der Waals surface area contributed by atoms with Crippen molar-refractivity contribution in [1.82, 2.24) is 15.1 Å². The summed E-state index contributed by atoms with van der Waals surface area (Å²) in [5.74, 6) is -5.26. The molecule has 1 N–H and O–H groups in total. The van der Waals surface area contributed by atoms with E-state index in [0.717, 1.165) is 22.2 Å². The van der Waals surface area contributed by atoms with Crippen LogP contribution in [0.25, 0.3) is 16.6 Å². The number of carbonyl (C=O) groups is 2. The van der Waals surface area contributed by atoms with Crippen molar-refractivity contribution < 1.29 is 18.4 Å². The Bertz CT molecular complexity index is 1490. The summed E-state index contributed by atoms with van der Waals surface area (Å²) in [6.07, 6.45) is 1.57. The highest BCUT2D eigenvalue weighted by Gasteiger charge is 2.45. The molecule has 7 nitrogen and oxygen atoms in total. The summed E-state index contributed by atoms with van der Waals surface area (Å²) in [7, 11) is 0. The predicted octanol–water partition coefficient (Wildman–Crippen LogP) is 4.52. The quantitative estimate of drug-likeness (QED) is 0.450. The van der Waals surface area contributed by atoms with E-state index in [1.165, 1.54) is 0 Å². The van der Waals surface area contributed by atoms with Gasteiger partial charge in [-0.3, -0.25) is 9.59 Å². The van der Waals surface area contributed by atoms with Crippen molar-refractivity contribution in [1.29, 1.82) is 5.26 Å². The molecule has 1 aliphatic heterocycles. The summed E-state index contributed by atoms with van der Waals surface area (Å²) in [6.45, 7) is 0.536. The first kappa shape index (κ1) is 23.2. The Labute approximate surface area is 205 Å². The van der Waals surface area contributed by atoms with Crippen molar-refractivity contribution in [3.05, 3.63) is 90.1 Å². The highest BCUT2D eigenvalue weighted by molar-refractivity contribution is 6.00. The van der Waals surface area contributed by atoms with Gasteiger partial charge < -0.3 is 10.2 Å². The number of fused-ring (bicyclic) bond motifs is 1. The minimum Gasteiger partial charge on any atom is -0.345 e. The van der Waals surface area contributed by atoms with E-state index < -0.39 is 23.9 Å². The molecule has 0 bridgehead atoms. The van der Waals surface area contributed by atoms with Gasteiger partial charge in [0.15, 0.2) is 0 Å². The van der Waals surface area contributed by atoms with Gasteiger partial charge in [-0.1, -0.05) is 30.3 Å². The minimum atomic E-state index is -3.56. The molecule has 2 atom stereocenters. The standard InChI is InChI=1S/C27H21F2N5O2/c1-27(28,29)26(36)32-22-14-24(35)33(25(22)18-5-3-2-4-6-18)21-11-12-23-19(13-21)16-31-34(23)20-9-7-17(15-30)8-10-20/h2-13,16,22,25H,14H2,1H3,(H,32,36)/t22-,25?/m0/s1. The molecule has 1 saturated heterocycles. The average molecular weight is 485 g/mol. The molecule has 0 radical (unpaired) electrons. The van der Waals surface area contributed by atoms with Gasteiger partial charge in [-0.05, 0) is 48.0 Å². The summed E-state index contributed by atoms with van der Waals surface area (Å²) >= 11 is 0. The van der Waals surface area contributed by atoms with Crippen LogP contribution in [0.15, 0.2) is 79.0 Å². The van der Waals surface area contributed by atoms with Crippen LogP contribution in [-0.2, 0) is 9.59 Å². The van der Waals surface area contributed by atoms with Crippen LogP contribution < -0.4 is 10.2 Å². The SMILES string of the molecule is CC(F)(F)C(=O)N[C@H]1CC(=O)N(c2ccc3c(cnn3-c3ccc(C#N)cc3)c2)C1c1ccccc1. The smallest absolute Gasteiger partial charge is 0.321 e. The summed E-state index contributed by atoms with van der Waals surface area (Å²) < 4.78 is 29.0. The molecule has 0 aliphatic carbocycles. The lowest BCUT2D eigenvalue weighted by molar-refractivity contribution is -0.143. The number of hydrogen-bond acceptors (Lipinski definition) is 4. The topological polar surface area (TPSA) is 91.0 Å². The number of nitrogens with one attached hydrogen (secondary N) is 1. The van der Waals surface area contributed by atoms with E-state index in [2.05, 4.69) is 16.5 Å². The first-order chi connectivity index (χ1) is 17.3. The third kappa shape index (κ3) is 4.18. The zero-order valence-electron chi connectivity index (χ0n) is 19.2. The van der Waals surface area contributed by atoms with E-state index in [0.29, 0.717) is 18.2 Å². The van der Waals surface area contributed by atoms with E-state index >= 15 is 0 Å². The Morgan fingerprint density at radius 2 is 1.78 bits per heavy atom. The fraction of sp³-hybridized carbons (Fsp3) is 0.185. The van der Waals surface area contributed by atoms with Crippen LogP contribution in [0.5, 0.6) is 0 Å². The van der Waals surface area contributed by atoms with Crippen molar-refractivity contribution in [2.24, 2.45) is 0 Å². The molecule has 3 aromatic carbocycles. The number of hydrogen-bond donors (Lipinski definition) is 1. The Kier molecular flexibility index (Phi) is 5.72. The molecule has 9 heteroatoms. The number of anilines is 1. The molecule has 36 heavy (non-hydrogen) atoms. The van der Waals surface area contributed by atoms with Crippen LogP contribution in [-0.4, -0.2) is 33.6 Å². The second kappa shape index (κ2) is 8.89. The van der Waals surface area contributed by atoms with Crippen LogP contribution >= 0.6 is 0 Å². The monoisotopic (exact) mass is 485 g/mol. The average Bonchev–Trinajstić information content (AvgIpc) is 3.44. The summed E-state index contributed by atoms with van der Waals surface area (Å²) in [6, 6.07) is 22.1. The Balaban J connectivity index is 1.53. The number of nitriles is 1. The third-order valence-electron chi connectivity index (χ3n) is 6.25. The summed E-state index contributed by atoms with van der Waals surface area (Å²) in [5.41, 5.74) is 3.41. The Morgan fingerprint density at radius 3 is 2.44 bits per heavy atom. The fourth-order valence-corrected chi connectivity index (χ4v) is 4.55. The molecule has 1 aromatic heterocycles. The van der Waals surface area contributed by atoms with Gasteiger partial charge in [-0.2, -0.15) is 19.1 Å². The summed E-state index contributed by atoms with van der Waals surface area (Å²) in [4.78, 5) is 26.8. The largest absolute Gasteiger partial charge is 0.345 e. The number of halogens is 2. The number of aromatic nitrogens is 2. The van der Waals surface area contributed by atoms with E-state index in [4.69, 9.17) is 5.26 Å². The van der Waals surface area contributed by atoms with E-state index in [1.807, 2.05) is 18.2 Å². The maximum atomic E-state index is 13.6. The van der Waals surface area contributed by atoms with Crippen molar-refractivity contribution in [2.45, 2.75) is 31.4 Å². The van der Waals surface area contributed by atoms with Crippen LogP contribution in [0.1, 0.15) is 30.5 Å². The van der Waals surface area contributed by atoms with Crippen molar-refractivity contribution in [2.75, 3.05) is 4.90 Å². The fourth-order valence-electron chi connectivity index (χ4n) is 4.55. The van der Waals surface area contributed by atoms with Gasteiger partial charge in [-0.25, -0.2) is 4.68 Å². The van der Waals surface area contributed by atoms with Gasteiger partial charge in [0.2, 0.25) is 5.91 Å². The van der Waals surface area contributed by atoms with Crippen molar-refractivity contribution in [3.63, 3.8) is 0 Å². The molecule has 1 unspecified atom stereocenters. The highest BCUT2D eigenvalue weighted by Crippen LogP contribution is 2.39. The molecule has 0 spiro atoms. The second-order valence-electron chi connectivity index (χ2n) is 8.75. The molecular weight excluding hydrogens is 464 g/mol. The molecule has 1 fully saturated rings. The summed E-state index contributed by atoms with van der Waals surface area (Å²) in [5, 5.41) is 16.6. The van der Waals surface area contributed by atoms with Gasteiger partial charge in [0.1, 0.15) is 0 Å². The van der Waals surface area contributed by atoms with E-state index in [9.17, 15) is 18.4 Å². The molecule has 4 aromatic rings.